The number of carbonyl (C=O) groups excluding carboxylic acids is 1. The Morgan fingerprint density at radius 1 is 0.462 bits per heavy atom. The van der Waals surface area contributed by atoms with Gasteiger partial charge >= 0.3 is 5.91 Å². The highest BCUT2D eigenvalue weighted by Gasteiger charge is 2.01. The van der Waals surface area contributed by atoms with E-state index in [1.807, 2.05) is 18.2 Å². The van der Waals surface area contributed by atoms with E-state index in [-0.39, 0.29) is 30.7 Å². The molecule has 2 heterocycles. The molecule has 3 nitrogen and oxygen atoms in total. The fourth-order valence-electron chi connectivity index (χ4n) is 4.74. The number of unbranched alkanes of at least 4 members (excludes halogenated alkanes) is 19. The average Bonchev–Trinajstić information content (AvgIpc) is 2.93. The molecule has 0 atom stereocenters. The monoisotopic (exact) mass is 580 g/mol. The van der Waals surface area contributed by atoms with Gasteiger partial charge in [0.1, 0.15) is 6.54 Å². The summed E-state index contributed by atoms with van der Waals surface area (Å²) in [7, 11) is 0. The summed E-state index contributed by atoms with van der Waals surface area (Å²) in [6.45, 7) is 5.01. The summed E-state index contributed by atoms with van der Waals surface area (Å²) in [6.07, 6.45) is 36.8. The molecule has 224 valence electrons. The first kappa shape index (κ1) is 39.7. The van der Waals surface area contributed by atoms with Crippen LogP contribution in [-0.4, -0.2) is 5.91 Å². The van der Waals surface area contributed by atoms with Gasteiger partial charge in [0.2, 0.25) is 0 Å². The topological polar surface area (TPSA) is 24.8 Å². The fourth-order valence-corrected chi connectivity index (χ4v) is 4.74. The van der Waals surface area contributed by atoms with Crippen molar-refractivity contribution in [1.29, 1.82) is 0 Å². The second-order valence-electron chi connectivity index (χ2n) is 10.6. The smallest absolute Gasteiger partial charge is 0.389 e. The van der Waals surface area contributed by atoms with Crippen LogP contribution in [0.4, 0.5) is 0 Å². The number of halogens is 2. The van der Waals surface area contributed by atoms with Crippen LogP contribution in [0.5, 0.6) is 0 Å². The van der Waals surface area contributed by atoms with Crippen LogP contribution in [0.1, 0.15) is 147 Å². The van der Waals surface area contributed by atoms with E-state index in [1.165, 1.54) is 146 Å². The number of aromatic nitrogens is 2. The van der Waals surface area contributed by atoms with Crippen molar-refractivity contribution in [1.82, 2.24) is 0 Å². The van der Waals surface area contributed by atoms with Gasteiger partial charge in [-0.1, -0.05) is 135 Å². The third kappa shape index (κ3) is 26.5. The Hall–Kier alpha value is -1.45. The van der Waals surface area contributed by atoms with E-state index in [4.69, 9.17) is 0 Å². The fraction of sp³-hybridized carbons (Fsp3) is 0.676. The van der Waals surface area contributed by atoms with Crippen molar-refractivity contribution in [3.05, 3.63) is 61.2 Å². The SMILES string of the molecule is CC(=O)[n+]1ccccc1.CCCCCCCCCCCCCCCCCCCCCC[n+]1ccccc1.[Cl-].[Cl-]. The average molecular weight is 582 g/mol. The van der Waals surface area contributed by atoms with E-state index >= 15 is 0 Å². The highest BCUT2D eigenvalue weighted by atomic mass is 35.5. The maximum atomic E-state index is 10.6. The molecule has 0 saturated heterocycles. The van der Waals surface area contributed by atoms with Crippen molar-refractivity contribution in [3.8, 4) is 0 Å². The molecule has 2 rings (SSSR count). The van der Waals surface area contributed by atoms with Gasteiger partial charge in [-0.15, -0.1) is 4.57 Å². The normalized spacial score (nSPS) is 10.1. The quantitative estimate of drug-likeness (QED) is 0.164. The molecule has 5 heteroatoms. The van der Waals surface area contributed by atoms with E-state index in [0.717, 1.165) is 0 Å². The Bertz CT molecular complexity index is 743. The minimum absolute atomic E-state index is 0. The van der Waals surface area contributed by atoms with Crippen molar-refractivity contribution in [2.75, 3.05) is 0 Å². The summed E-state index contributed by atoms with van der Waals surface area (Å²) >= 11 is 0. The molecular weight excluding hydrogens is 523 g/mol. The Kier molecular flexibility index (Phi) is 31.6. The second kappa shape index (κ2) is 31.1. The van der Waals surface area contributed by atoms with Crippen LogP contribution in [0.2, 0.25) is 0 Å². The summed E-state index contributed by atoms with van der Waals surface area (Å²) in [4.78, 5) is 10.6. The van der Waals surface area contributed by atoms with Crippen molar-refractivity contribution in [2.24, 2.45) is 0 Å². The molecule has 0 radical (unpaired) electrons. The van der Waals surface area contributed by atoms with Gasteiger partial charge < -0.3 is 24.8 Å². The number of hydrogen-bond acceptors (Lipinski definition) is 1. The summed E-state index contributed by atoms with van der Waals surface area (Å²) in [5.74, 6) is 0.0376. The molecule has 0 unspecified atom stereocenters. The standard InChI is InChI=1S/C27H50N.C7H8NO.2ClH/c1-2-3-4-5-6-7-8-9-10-11-12-13-14-15-16-17-18-19-20-22-25-28-26-23-21-24-27-28;1-7(9)8-5-3-2-4-6-8;;/h21,23-24,26-27H,2-20,22,25H2,1H3;2-6H,1H3;2*1H/q2*+1;;/p-2. The predicted molar refractivity (Wildman–Crippen MR) is 158 cm³/mol. The molecule has 2 aromatic rings. The molecule has 0 amide bonds. The van der Waals surface area contributed by atoms with Gasteiger partial charge in [0.15, 0.2) is 24.8 Å². The van der Waals surface area contributed by atoms with Crippen molar-refractivity contribution < 1.29 is 38.7 Å². The first-order valence-corrected chi connectivity index (χ1v) is 15.7. The van der Waals surface area contributed by atoms with E-state index in [1.54, 1.807) is 12.4 Å². The van der Waals surface area contributed by atoms with E-state index in [9.17, 15) is 4.79 Å². The van der Waals surface area contributed by atoms with Gasteiger partial charge in [0, 0.05) is 30.7 Å². The first-order valence-electron chi connectivity index (χ1n) is 15.7. The Balaban J connectivity index is 0. The molecule has 0 saturated carbocycles. The number of pyridine rings is 2. The summed E-state index contributed by atoms with van der Waals surface area (Å²) in [5.41, 5.74) is 0. The molecule has 39 heavy (non-hydrogen) atoms. The number of carbonyl (C=O) groups is 1. The number of hydrogen-bond donors (Lipinski definition) is 0. The third-order valence-electron chi connectivity index (χ3n) is 7.13. The zero-order valence-electron chi connectivity index (χ0n) is 25.2. The molecule has 0 aliphatic carbocycles. The Labute approximate surface area is 254 Å². The van der Waals surface area contributed by atoms with Gasteiger partial charge in [0.25, 0.3) is 0 Å². The molecule has 0 aromatic carbocycles. The van der Waals surface area contributed by atoms with E-state index in [2.05, 4.69) is 42.1 Å². The van der Waals surface area contributed by atoms with Crippen LogP contribution in [0.15, 0.2) is 61.2 Å². The molecule has 0 spiro atoms. The van der Waals surface area contributed by atoms with Crippen molar-refractivity contribution >= 4 is 5.91 Å². The van der Waals surface area contributed by atoms with Crippen LogP contribution in [0, 0.1) is 0 Å². The Morgan fingerprint density at radius 2 is 0.769 bits per heavy atom. The maximum absolute atomic E-state index is 10.6. The minimum atomic E-state index is 0. The summed E-state index contributed by atoms with van der Waals surface area (Å²) in [6, 6.07) is 11.9. The first-order chi connectivity index (χ1) is 18.2. The molecule has 0 aliphatic heterocycles. The molecule has 0 bridgehead atoms. The van der Waals surface area contributed by atoms with Crippen LogP contribution in [0.25, 0.3) is 0 Å². The van der Waals surface area contributed by atoms with Crippen LogP contribution in [0.3, 0.4) is 0 Å². The summed E-state index contributed by atoms with van der Waals surface area (Å²) < 4.78 is 3.83. The van der Waals surface area contributed by atoms with Crippen LogP contribution < -0.4 is 33.9 Å². The zero-order valence-corrected chi connectivity index (χ0v) is 26.7. The number of rotatable bonds is 21. The second-order valence-corrected chi connectivity index (χ2v) is 10.6. The predicted octanol–water partition coefficient (Wildman–Crippen LogP) is 3.44. The molecule has 0 fully saturated rings. The maximum Gasteiger partial charge on any atom is 0.389 e. The highest BCUT2D eigenvalue weighted by molar-refractivity contribution is 5.62. The van der Waals surface area contributed by atoms with Gasteiger partial charge in [-0.3, -0.25) is 0 Å². The van der Waals surface area contributed by atoms with Crippen molar-refractivity contribution in [3.63, 3.8) is 0 Å². The minimum Gasteiger partial charge on any atom is -1.00 e. The van der Waals surface area contributed by atoms with E-state index in [0.29, 0.717) is 0 Å². The Morgan fingerprint density at radius 3 is 1.08 bits per heavy atom. The zero-order chi connectivity index (χ0) is 26.7. The highest BCUT2D eigenvalue weighted by Crippen LogP contribution is 2.14. The van der Waals surface area contributed by atoms with Crippen LogP contribution in [-0.2, 0) is 6.54 Å². The lowest BCUT2D eigenvalue weighted by Gasteiger charge is -2.04. The summed E-state index contributed by atoms with van der Waals surface area (Å²) in [5, 5.41) is 0. The number of aryl methyl sites for hydroxylation is 1. The number of nitrogens with zero attached hydrogens (tertiary/aromatic N) is 2. The van der Waals surface area contributed by atoms with Gasteiger partial charge in [-0.2, -0.15) is 0 Å². The molecule has 0 N–H and O–H groups in total. The van der Waals surface area contributed by atoms with Crippen molar-refractivity contribution in [2.45, 2.75) is 149 Å². The largest absolute Gasteiger partial charge is 1.00 e. The molecule has 0 aliphatic rings. The van der Waals surface area contributed by atoms with Gasteiger partial charge in [0.05, 0.1) is 6.92 Å². The van der Waals surface area contributed by atoms with Gasteiger partial charge in [-0.05, 0) is 6.42 Å². The van der Waals surface area contributed by atoms with Crippen LogP contribution >= 0.6 is 0 Å². The van der Waals surface area contributed by atoms with Gasteiger partial charge in [-0.25, -0.2) is 9.36 Å². The lowest BCUT2D eigenvalue weighted by Crippen LogP contribution is -3.00. The van der Waals surface area contributed by atoms with E-state index < -0.39 is 0 Å². The lowest BCUT2D eigenvalue weighted by molar-refractivity contribution is -0.697. The lowest BCUT2D eigenvalue weighted by atomic mass is 10.0. The molecule has 2 aromatic heterocycles. The molecular formula is C34H58Cl2N2O. The third-order valence-corrected chi connectivity index (χ3v) is 7.13.